The highest BCUT2D eigenvalue weighted by Gasteiger charge is 2.06. The van der Waals surface area contributed by atoms with Crippen LogP contribution in [0, 0.1) is 13.8 Å². The second-order valence-electron chi connectivity index (χ2n) is 3.70. The number of pyridine rings is 1. The number of aromatic amines is 1. The first kappa shape index (κ1) is 11.7. The van der Waals surface area contributed by atoms with E-state index in [0.717, 1.165) is 5.56 Å². The van der Waals surface area contributed by atoms with E-state index in [1.807, 2.05) is 13.0 Å². The molecular formula is C11H12N4OS. The fourth-order valence-electron chi connectivity index (χ4n) is 1.36. The van der Waals surface area contributed by atoms with Crippen LogP contribution in [0.3, 0.4) is 0 Å². The van der Waals surface area contributed by atoms with E-state index in [9.17, 15) is 4.79 Å². The fraction of sp³-hybridized carbons (Fsp3) is 0.182. The molecule has 0 aromatic carbocycles. The van der Waals surface area contributed by atoms with Gasteiger partial charge in [-0.15, -0.1) is 0 Å². The summed E-state index contributed by atoms with van der Waals surface area (Å²) in [6, 6.07) is 3.28. The summed E-state index contributed by atoms with van der Waals surface area (Å²) in [5, 5.41) is 1.14. The van der Waals surface area contributed by atoms with E-state index in [1.54, 1.807) is 13.1 Å². The number of rotatable bonds is 2. The molecule has 0 bridgehead atoms. The van der Waals surface area contributed by atoms with Gasteiger partial charge in [-0.3, -0.25) is 4.79 Å². The lowest BCUT2D eigenvalue weighted by atomic mass is 10.3. The highest BCUT2D eigenvalue weighted by atomic mass is 32.2. The molecular weight excluding hydrogens is 236 g/mol. The van der Waals surface area contributed by atoms with E-state index in [2.05, 4.69) is 15.0 Å². The Hall–Kier alpha value is -1.82. The molecule has 0 unspecified atom stereocenters. The number of nitrogens with zero attached hydrogens (tertiary/aromatic N) is 2. The van der Waals surface area contributed by atoms with Crippen LogP contribution in [-0.2, 0) is 0 Å². The van der Waals surface area contributed by atoms with Crippen LogP contribution in [0.5, 0.6) is 0 Å². The minimum Gasteiger partial charge on any atom is -0.397 e. The zero-order chi connectivity index (χ0) is 12.4. The summed E-state index contributed by atoms with van der Waals surface area (Å²) >= 11 is 1.25. The first-order valence-corrected chi connectivity index (χ1v) is 5.84. The number of nitrogens with two attached hydrogens (primary N) is 1. The molecule has 0 fully saturated rings. The topological polar surface area (TPSA) is 84.7 Å². The van der Waals surface area contributed by atoms with Gasteiger partial charge in [0.25, 0.3) is 5.56 Å². The van der Waals surface area contributed by atoms with Gasteiger partial charge in [0.15, 0.2) is 5.16 Å². The van der Waals surface area contributed by atoms with E-state index in [1.165, 1.54) is 17.8 Å². The average Bonchev–Trinajstić information content (AvgIpc) is 2.21. The minimum atomic E-state index is -0.175. The maximum absolute atomic E-state index is 11.3. The monoisotopic (exact) mass is 248 g/mol. The molecule has 0 aliphatic carbocycles. The van der Waals surface area contributed by atoms with Crippen LogP contribution in [0.4, 0.5) is 5.69 Å². The van der Waals surface area contributed by atoms with E-state index in [0.29, 0.717) is 21.6 Å². The quantitative estimate of drug-likeness (QED) is 0.787. The van der Waals surface area contributed by atoms with E-state index < -0.39 is 0 Å². The predicted molar refractivity (Wildman–Crippen MR) is 67.1 cm³/mol. The Morgan fingerprint density at radius 1 is 1.35 bits per heavy atom. The van der Waals surface area contributed by atoms with Crippen molar-refractivity contribution in [2.75, 3.05) is 5.73 Å². The first-order chi connectivity index (χ1) is 8.04. The van der Waals surface area contributed by atoms with Gasteiger partial charge >= 0.3 is 0 Å². The Labute approximate surface area is 103 Å². The smallest absolute Gasteiger partial charge is 0.251 e. The summed E-state index contributed by atoms with van der Waals surface area (Å²) in [6.07, 6.45) is 1.73. The first-order valence-electron chi connectivity index (χ1n) is 5.02. The molecule has 0 amide bonds. The Balaban J connectivity index is 2.34. The van der Waals surface area contributed by atoms with Gasteiger partial charge in [-0.05, 0) is 37.2 Å². The molecule has 2 aromatic heterocycles. The lowest BCUT2D eigenvalue weighted by Crippen LogP contribution is -2.08. The third kappa shape index (κ3) is 2.85. The summed E-state index contributed by atoms with van der Waals surface area (Å²) in [5.41, 5.74) is 7.92. The molecule has 2 rings (SSSR count). The number of nitrogens with one attached hydrogen (secondary N) is 1. The number of nitrogen functional groups attached to an aromatic ring is 1. The molecule has 0 saturated heterocycles. The van der Waals surface area contributed by atoms with Gasteiger partial charge in [-0.1, -0.05) is 0 Å². The van der Waals surface area contributed by atoms with Gasteiger partial charge in [0.05, 0.1) is 5.69 Å². The number of aromatic nitrogens is 3. The second-order valence-corrected chi connectivity index (χ2v) is 4.68. The van der Waals surface area contributed by atoms with Gasteiger partial charge in [0.1, 0.15) is 5.03 Å². The molecule has 0 saturated carbocycles. The van der Waals surface area contributed by atoms with Crippen LogP contribution in [0.1, 0.15) is 11.3 Å². The number of hydrogen-bond acceptors (Lipinski definition) is 5. The van der Waals surface area contributed by atoms with Crippen molar-refractivity contribution >= 4 is 17.4 Å². The largest absolute Gasteiger partial charge is 0.397 e. The third-order valence-electron chi connectivity index (χ3n) is 2.06. The van der Waals surface area contributed by atoms with Gasteiger partial charge in [0, 0.05) is 18.0 Å². The molecule has 5 nitrogen and oxygen atoms in total. The number of hydrogen-bond donors (Lipinski definition) is 2. The predicted octanol–water partition coefficient (Wildman–Crippen LogP) is 1.52. The lowest BCUT2D eigenvalue weighted by molar-refractivity contribution is 0.902. The van der Waals surface area contributed by atoms with Gasteiger partial charge in [0.2, 0.25) is 0 Å². The summed E-state index contributed by atoms with van der Waals surface area (Å²) < 4.78 is 0. The fourth-order valence-corrected chi connectivity index (χ4v) is 2.16. The summed E-state index contributed by atoms with van der Waals surface area (Å²) in [4.78, 5) is 22.3. The molecule has 2 aromatic rings. The number of H-pyrrole nitrogens is 1. The van der Waals surface area contributed by atoms with Crippen molar-refractivity contribution in [3.8, 4) is 0 Å². The van der Waals surface area contributed by atoms with Crippen LogP contribution in [-0.4, -0.2) is 15.0 Å². The van der Waals surface area contributed by atoms with E-state index in [4.69, 9.17) is 5.73 Å². The highest BCUT2D eigenvalue weighted by molar-refractivity contribution is 7.99. The van der Waals surface area contributed by atoms with Crippen LogP contribution < -0.4 is 11.3 Å². The molecule has 88 valence electrons. The van der Waals surface area contributed by atoms with Crippen LogP contribution >= 0.6 is 11.8 Å². The Morgan fingerprint density at radius 2 is 2.12 bits per heavy atom. The lowest BCUT2D eigenvalue weighted by Gasteiger charge is -2.04. The molecule has 3 N–H and O–H groups in total. The summed E-state index contributed by atoms with van der Waals surface area (Å²) in [7, 11) is 0. The maximum Gasteiger partial charge on any atom is 0.251 e. The van der Waals surface area contributed by atoms with Crippen molar-refractivity contribution in [3.63, 3.8) is 0 Å². The molecule has 17 heavy (non-hydrogen) atoms. The second kappa shape index (κ2) is 4.58. The summed E-state index contributed by atoms with van der Waals surface area (Å²) in [5.74, 6) is 0. The SMILES string of the molecule is Cc1cnc(Sc2nc(C)cc(=O)[nH]2)c(N)c1. The number of aryl methyl sites for hydroxylation is 2. The minimum absolute atomic E-state index is 0.175. The molecule has 6 heteroatoms. The van der Waals surface area contributed by atoms with Crippen LogP contribution in [0.2, 0.25) is 0 Å². The molecule has 0 aliphatic heterocycles. The Morgan fingerprint density at radius 3 is 2.76 bits per heavy atom. The van der Waals surface area contributed by atoms with Crippen LogP contribution in [0.15, 0.2) is 33.3 Å². The van der Waals surface area contributed by atoms with Crippen molar-refractivity contribution in [2.45, 2.75) is 24.0 Å². The van der Waals surface area contributed by atoms with E-state index >= 15 is 0 Å². The molecule has 0 atom stereocenters. The van der Waals surface area contributed by atoms with Gasteiger partial charge in [-0.2, -0.15) is 0 Å². The van der Waals surface area contributed by atoms with E-state index in [-0.39, 0.29) is 5.56 Å². The molecule has 0 aliphatic rings. The third-order valence-corrected chi connectivity index (χ3v) is 2.98. The van der Waals surface area contributed by atoms with Crippen molar-refractivity contribution in [1.82, 2.24) is 15.0 Å². The van der Waals surface area contributed by atoms with Gasteiger partial charge < -0.3 is 10.7 Å². The Bertz CT molecular complexity index is 609. The Kier molecular flexibility index (Phi) is 3.14. The van der Waals surface area contributed by atoms with Crippen molar-refractivity contribution in [3.05, 3.63) is 39.9 Å². The van der Waals surface area contributed by atoms with Crippen molar-refractivity contribution in [2.24, 2.45) is 0 Å². The molecule has 2 heterocycles. The van der Waals surface area contributed by atoms with Crippen molar-refractivity contribution in [1.29, 1.82) is 0 Å². The van der Waals surface area contributed by atoms with Crippen LogP contribution in [0.25, 0.3) is 0 Å². The zero-order valence-corrected chi connectivity index (χ0v) is 10.3. The number of anilines is 1. The normalized spacial score (nSPS) is 10.5. The molecule has 0 radical (unpaired) electrons. The maximum atomic E-state index is 11.3. The summed E-state index contributed by atoms with van der Waals surface area (Å²) in [6.45, 7) is 3.69. The van der Waals surface area contributed by atoms with Gasteiger partial charge in [-0.25, -0.2) is 9.97 Å². The average molecular weight is 248 g/mol. The molecule has 0 spiro atoms. The van der Waals surface area contributed by atoms with Crippen molar-refractivity contribution < 1.29 is 0 Å². The zero-order valence-electron chi connectivity index (χ0n) is 9.52. The highest BCUT2D eigenvalue weighted by Crippen LogP contribution is 2.27. The standard InChI is InChI=1S/C11H12N4OS/c1-6-3-8(12)10(13-5-6)17-11-14-7(2)4-9(16)15-11/h3-5H,12H2,1-2H3,(H,14,15,16).